The van der Waals surface area contributed by atoms with E-state index in [1.54, 1.807) is 16.8 Å². The van der Waals surface area contributed by atoms with E-state index in [0.29, 0.717) is 6.04 Å². The van der Waals surface area contributed by atoms with Crippen LogP contribution in [-0.2, 0) is 19.3 Å². The number of aromatic amines is 1. The Balaban J connectivity index is 1.22. The molecule has 2 fully saturated rings. The number of nitrogens with one attached hydrogen (secondary N) is 1. The summed E-state index contributed by atoms with van der Waals surface area (Å²) in [5.74, 6) is 1.77. The van der Waals surface area contributed by atoms with Crippen LogP contribution in [0.5, 0.6) is 0 Å². The fourth-order valence-corrected chi connectivity index (χ4v) is 8.85. The maximum atomic E-state index is 4.00. The van der Waals surface area contributed by atoms with Gasteiger partial charge in [-0.3, -0.25) is 0 Å². The highest BCUT2D eigenvalue weighted by Crippen LogP contribution is 2.41. The van der Waals surface area contributed by atoms with Crippen molar-refractivity contribution in [3.63, 3.8) is 0 Å². The molecule has 0 bridgehead atoms. The Bertz CT molecular complexity index is 1490. The average molecular weight is 565 g/mol. The summed E-state index contributed by atoms with van der Waals surface area (Å²) in [6.45, 7) is 12.2. The molecule has 4 aromatic rings. The predicted octanol–water partition coefficient (Wildman–Crippen LogP) is 8.38. The van der Waals surface area contributed by atoms with Crippen LogP contribution >= 0.6 is 0 Å². The van der Waals surface area contributed by atoms with Gasteiger partial charge in [0.15, 0.2) is 0 Å². The first-order valence-electron chi connectivity index (χ1n) is 17.4. The second-order valence-corrected chi connectivity index (χ2v) is 13.7. The van der Waals surface area contributed by atoms with E-state index in [2.05, 4.69) is 81.7 Å². The zero-order valence-electron chi connectivity index (χ0n) is 26.2. The van der Waals surface area contributed by atoms with E-state index >= 15 is 0 Å². The Labute approximate surface area is 253 Å². The first-order valence-corrected chi connectivity index (χ1v) is 17.4. The number of rotatable bonds is 9. The van der Waals surface area contributed by atoms with Crippen LogP contribution in [0.3, 0.4) is 0 Å². The van der Waals surface area contributed by atoms with E-state index in [-0.39, 0.29) is 0 Å². The van der Waals surface area contributed by atoms with Gasteiger partial charge in [-0.05, 0) is 106 Å². The second kappa shape index (κ2) is 12.6. The lowest BCUT2D eigenvalue weighted by molar-refractivity contribution is 0.173. The molecule has 3 aliphatic rings. The SMILES string of the molecule is CCC1CCCN(CCc2c(C3CCCc4c(CCN5CCCC(CC)C5)c5ccccc5n43)[nH]c3ccccc23)C1. The van der Waals surface area contributed by atoms with Crippen LogP contribution in [0.15, 0.2) is 48.5 Å². The molecule has 3 unspecified atom stereocenters. The molecule has 0 saturated carbocycles. The number of piperidine rings is 2. The van der Waals surface area contributed by atoms with Crippen molar-refractivity contribution in [3.8, 4) is 0 Å². The number of likely N-dealkylation sites (tertiary alicyclic amines) is 2. The largest absolute Gasteiger partial charge is 0.356 e. The Morgan fingerprint density at radius 2 is 1.36 bits per heavy atom. The number of aromatic nitrogens is 2. The maximum absolute atomic E-state index is 4.00. The summed E-state index contributed by atoms with van der Waals surface area (Å²) in [5.41, 5.74) is 9.06. The van der Waals surface area contributed by atoms with Crippen molar-refractivity contribution < 1.29 is 0 Å². The third-order valence-electron chi connectivity index (χ3n) is 11.2. The van der Waals surface area contributed by atoms with Gasteiger partial charge in [0, 0.05) is 59.4 Å². The molecular weight excluding hydrogens is 512 g/mol. The lowest BCUT2D eigenvalue weighted by Crippen LogP contribution is -2.36. The molecule has 2 aromatic carbocycles. The first-order chi connectivity index (χ1) is 20.7. The number of hydrogen-bond donors (Lipinski definition) is 1. The van der Waals surface area contributed by atoms with Crippen molar-refractivity contribution in [3.05, 3.63) is 71.0 Å². The van der Waals surface area contributed by atoms with Gasteiger partial charge in [0.1, 0.15) is 0 Å². The number of para-hydroxylation sites is 2. The van der Waals surface area contributed by atoms with Crippen molar-refractivity contribution in [2.24, 2.45) is 11.8 Å². The van der Waals surface area contributed by atoms with Crippen LogP contribution in [-0.4, -0.2) is 58.6 Å². The molecule has 42 heavy (non-hydrogen) atoms. The lowest BCUT2D eigenvalue weighted by Gasteiger charge is -2.33. The van der Waals surface area contributed by atoms with Crippen molar-refractivity contribution >= 4 is 21.8 Å². The molecule has 0 amide bonds. The second-order valence-electron chi connectivity index (χ2n) is 13.7. The molecule has 7 rings (SSSR count). The zero-order chi connectivity index (χ0) is 28.5. The summed E-state index contributed by atoms with van der Waals surface area (Å²) >= 11 is 0. The van der Waals surface area contributed by atoms with Gasteiger partial charge in [0.2, 0.25) is 0 Å². The fourth-order valence-electron chi connectivity index (χ4n) is 8.85. The summed E-state index contributed by atoms with van der Waals surface area (Å²) < 4.78 is 2.78. The molecule has 3 atom stereocenters. The van der Waals surface area contributed by atoms with Crippen LogP contribution in [0.2, 0.25) is 0 Å². The quantitative estimate of drug-likeness (QED) is 0.221. The number of nitrogens with zero attached hydrogens (tertiary/aromatic N) is 3. The summed E-state index contributed by atoms with van der Waals surface area (Å²) in [7, 11) is 0. The predicted molar refractivity (Wildman–Crippen MR) is 178 cm³/mol. The monoisotopic (exact) mass is 564 g/mol. The average Bonchev–Trinajstić information content (AvgIpc) is 3.58. The van der Waals surface area contributed by atoms with Gasteiger partial charge in [-0.25, -0.2) is 0 Å². The maximum Gasteiger partial charge on any atom is 0.0741 e. The Kier molecular flexibility index (Phi) is 8.46. The minimum Gasteiger partial charge on any atom is -0.356 e. The van der Waals surface area contributed by atoms with E-state index < -0.39 is 0 Å². The molecule has 0 spiro atoms. The van der Waals surface area contributed by atoms with Crippen LogP contribution < -0.4 is 0 Å². The highest BCUT2D eigenvalue weighted by atomic mass is 15.1. The van der Waals surface area contributed by atoms with Gasteiger partial charge < -0.3 is 19.4 Å². The molecule has 4 heteroatoms. The number of hydrogen-bond acceptors (Lipinski definition) is 2. The van der Waals surface area contributed by atoms with E-state index in [4.69, 9.17) is 0 Å². The van der Waals surface area contributed by atoms with E-state index in [1.807, 2.05) is 0 Å². The molecule has 5 heterocycles. The van der Waals surface area contributed by atoms with E-state index in [9.17, 15) is 0 Å². The summed E-state index contributed by atoms with van der Waals surface area (Å²) in [5, 5.41) is 2.94. The van der Waals surface area contributed by atoms with Crippen molar-refractivity contribution in [2.45, 2.75) is 90.5 Å². The smallest absolute Gasteiger partial charge is 0.0741 e. The van der Waals surface area contributed by atoms with Crippen LogP contribution in [0.25, 0.3) is 21.8 Å². The number of benzene rings is 2. The van der Waals surface area contributed by atoms with Crippen molar-refractivity contribution in [2.75, 3.05) is 39.3 Å². The standard InChI is InChI=1S/C38H52N4/c1-3-28-12-10-22-40(26-28)24-20-32-31-15-6-8-17-35(31)42-36(32)18-9-19-37(42)38-33(30-14-5-7-16-34(30)39-38)21-25-41-23-11-13-29(4-2)27-41/h5-8,14-17,28-29,37,39H,3-4,9-13,18-27H2,1-2H3. The van der Waals surface area contributed by atoms with Crippen LogP contribution in [0.1, 0.15) is 93.8 Å². The third kappa shape index (κ3) is 5.46. The fraction of sp³-hybridized carbons (Fsp3) is 0.579. The molecule has 4 nitrogen and oxygen atoms in total. The molecular formula is C38H52N4. The molecule has 224 valence electrons. The van der Waals surface area contributed by atoms with Crippen molar-refractivity contribution in [1.82, 2.24) is 19.4 Å². The Hall–Kier alpha value is -2.56. The van der Waals surface area contributed by atoms with Crippen LogP contribution in [0, 0.1) is 11.8 Å². The first kappa shape index (κ1) is 28.2. The van der Waals surface area contributed by atoms with Gasteiger partial charge >= 0.3 is 0 Å². The summed E-state index contributed by atoms with van der Waals surface area (Å²) in [6.07, 6.45) is 14.2. The van der Waals surface area contributed by atoms with Gasteiger partial charge in [-0.1, -0.05) is 63.1 Å². The van der Waals surface area contributed by atoms with Gasteiger partial charge in [0.25, 0.3) is 0 Å². The molecule has 3 aliphatic heterocycles. The van der Waals surface area contributed by atoms with Gasteiger partial charge in [0.05, 0.1) is 6.04 Å². The molecule has 0 radical (unpaired) electrons. The van der Waals surface area contributed by atoms with Crippen LogP contribution in [0.4, 0.5) is 0 Å². The Morgan fingerprint density at radius 1 is 0.714 bits per heavy atom. The summed E-state index contributed by atoms with van der Waals surface area (Å²) in [6, 6.07) is 18.8. The minimum atomic E-state index is 0.388. The van der Waals surface area contributed by atoms with Crippen molar-refractivity contribution in [1.29, 1.82) is 0 Å². The normalized spacial score (nSPS) is 24.0. The molecule has 2 aromatic heterocycles. The Morgan fingerprint density at radius 3 is 2.07 bits per heavy atom. The molecule has 1 N–H and O–H groups in total. The highest BCUT2D eigenvalue weighted by molar-refractivity contribution is 5.87. The minimum absolute atomic E-state index is 0.388. The van der Waals surface area contributed by atoms with Gasteiger partial charge in [-0.2, -0.15) is 0 Å². The van der Waals surface area contributed by atoms with E-state index in [1.165, 1.54) is 131 Å². The topological polar surface area (TPSA) is 27.2 Å². The number of H-pyrrole nitrogens is 1. The third-order valence-corrected chi connectivity index (χ3v) is 11.2. The van der Waals surface area contributed by atoms with E-state index in [0.717, 1.165) is 18.3 Å². The molecule has 2 saturated heterocycles. The van der Waals surface area contributed by atoms with Gasteiger partial charge in [-0.15, -0.1) is 0 Å². The summed E-state index contributed by atoms with van der Waals surface area (Å²) in [4.78, 5) is 9.52. The molecule has 0 aliphatic carbocycles. The zero-order valence-corrected chi connectivity index (χ0v) is 26.2. The lowest BCUT2D eigenvalue weighted by atomic mass is 9.93. The highest BCUT2D eigenvalue weighted by Gasteiger charge is 2.31. The number of fused-ring (bicyclic) bond motifs is 4.